The second-order valence-electron chi connectivity index (χ2n) is 7.13. The van der Waals surface area contributed by atoms with Gasteiger partial charge in [0.15, 0.2) is 0 Å². The molecule has 0 saturated heterocycles. The average Bonchev–Trinajstić information content (AvgIpc) is 3.17. The van der Waals surface area contributed by atoms with Gasteiger partial charge >= 0.3 is 0 Å². The monoisotopic (exact) mass is 420 g/mol. The molecule has 2 aromatic carbocycles. The Morgan fingerprint density at radius 3 is 1.58 bits per heavy atom. The number of nitro benzene ring substituents is 2. The first kappa shape index (κ1) is 21.6. The molecule has 3 aromatic rings. The SMILES string of the molecule is CC(=Nc1cc(C)cc(C)c1)c1ccc(C(C)=Nc2cc([N+](=O)[O-])cc([N+](=O)[O-])c2)o1. The van der Waals surface area contributed by atoms with Crippen LogP contribution < -0.4 is 0 Å². The van der Waals surface area contributed by atoms with Crippen molar-refractivity contribution in [2.24, 2.45) is 9.98 Å². The average molecular weight is 420 g/mol. The van der Waals surface area contributed by atoms with Crippen LogP contribution in [0.4, 0.5) is 22.7 Å². The van der Waals surface area contributed by atoms with Gasteiger partial charge in [0.1, 0.15) is 11.5 Å². The first-order chi connectivity index (χ1) is 14.6. The van der Waals surface area contributed by atoms with Crippen molar-refractivity contribution in [2.75, 3.05) is 0 Å². The van der Waals surface area contributed by atoms with Gasteiger partial charge in [-0.15, -0.1) is 0 Å². The van der Waals surface area contributed by atoms with E-state index in [1.165, 1.54) is 12.1 Å². The normalized spacial score (nSPS) is 12.1. The number of aryl methyl sites for hydroxylation is 2. The molecule has 9 heteroatoms. The van der Waals surface area contributed by atoms with Crippen molar-refractivity contribution in [1.29, 1.82) is 0 Å². The largest absolute Gasteiger partial charge is 0.454 e. The summed E-state index contributed by atoms with van der Waals surface area (Å²) in [6.07, 6.45) is 0. The zero-order valence-corrected chi connectivity index (χ0v) is 17.4. The highest BCUT2D eigenvalue weighted by Gasteiger charge is 2.17. The van der Waals surface area contributed by atoms with Crippen LogP contribution in [-0.4, -0.2) is 21.3 Å². The van der Waals surface area contributed by atoms with Crippen molar-refractivity contribution in [2.45, 2.75) is 27.7 Å². The zero-order chi connectivity index (χ0) is 22.7. The number of nitro groups is 2. The molecule has 0 amide bonds. The van der Waals surface area contributed by atoms with Gasteiger partial charge < -0.3 is 4.42 Å². The molecule has 0 aliphatic carbocycles. The molecule has 3 rings (SSSR count). The summed E-state index contributed by atoms with van der Waals surface area (Å²) in [5, 5.41) is 22.1. The number of rotatable bonds is 6. The van der Waals surface area contributed by atoms with Crippen LogP contribution in [0.15, 0.2) is 62.9 Å². The second-order valence-corrected chi connectivity index (χ2v) is 7.13. The summed E-state index contributed by atoms with van der Waals surface area (Å²) in [7, 11) is 0. The van der Waals surface area contributed by atoms with E-state index < -0.39 is 21.2 Å². The summed E-state index contributed by atoms with van der Waals surface area (Å²) in [6.45, 7) is 7.50. The Kier molecular flexibility index (Phi) is 6.05. The van der Waals surface area contributed by atoms with E-state index in [9.17, 15) is 20.2 Å². The quantitative estimate of drug-likeness (QED) is 0.275. The number of nitrogens with zero attached hydrogens (tertiary/aromatic N) is 4. The van der Waals surface area contributed by atoms with Crippen molar-refractivity contribution < 1.29 is 14.3 Å². The van der Waals surface area contributed by atoms with Crippen LogP contribution in [-0.2, 0) is 0 Å². The highest BCUT2D eigenvalue weighted by Crippen LogP contribution is 2.28. The molecule has 0 fully saturated rings. The van der Waals surface area contributed by atoms with Gasteiger partial charge in [0.25, 0.3) is 11.4 Å². The third kappa shape index (κ3) is 5.27. The first-order valence-electron chi connectivity index (χ1n) is 9.35. The number of aliphatic imine (C=N–C) groups is 2. The van der Waals surface area contributed by atoms with Crippen molar-refractivity contribution in [1.82, 2.24) is 0 Å². The van der Waals surface area contributed by atoms with Crippen LogP contribution in [0.5, 0.6) is 0 Å². The molecule has 0 N–H and O–H groups in total. The molecule has 0 radical (unpaired) electrons. The van der Waals surface area contributed by atoms with E-state index in [-0.39, 0.29) is 5.69 Å². The summed E-state index contributed by atoms with van der Waals surface area (Å²) in [6, 6.07) is 12.7. The van der Waals surface area contributed by atoms with E-state index >= 15 is 0 Å². The van der Waals surface area contributed by atoms with Crippen molar-refractivity contribution in [3.05, 3.63) is 91.4 Å². The smallest absolute Gasteiger partial charge is 0.278 e. The predicted molar refractivity (Wildman–Crippen MR) is 118 cm³/mol. The van der Waals surface area contributed by atoms with Gasteiger partial charge in [-0.05, 0) is 63.1 Å². The fourth-order valence-corrected chi connectivity index (χ4v) is 3.09. The molecule has 0 saturated carbocycles. The maximum Gasteiger partial charge on any atom is 0.278 e. The van der Waals surface area contributed by atoms with Gasteiger partial charge in [0, 0.05) is 12.1 Å². The van der Waals surface area contributed by atoms with Gasteiger partial charge in [-0.2, -0.15) is 0 Å². The minimum Gasteiger partial charge on any atom is -0.454 e. The topological polar surface area (TPSA) is 124 Å². The summed E-state index contributed by atoms with van der Waals surface area (Å²) < 4.78 is 5.84. The Balaban J connectivity index is 1.91. The third-order valence-corrected chi connectivity index (χ3v) is 4.43. The molecule has 0 aliphatic rings. The van der Waals surface area contributed by atoms with E-state index in [0.29, 0.717) is 22.9 Å². The third-order valence-electron chi connectivity index (χ3n) is 4.43. The lowest BCUT2D eigenvalue weighted by molar-refractivity contribution is -0.394. The van der Waals surface area contributed by atoms with Gasteiger partial charge in [0.05, 0.1) is 38.7 Å². The van der Waals surface area contributed by atoms with Crippen LogP contribution in [0.1, 0.15) is 36.5 Å². The van der Waals surface area contributed by atoms with Gasteiger partial charge in [-0.1, -0.05) is 6.07 Å². The van der Waals surface area contributed by atoms with Gasteiger partial charge in [-0.3, -0.25) is 20.2 Å². The molecular weight excluding hydrogens is 400 g/mol. The summed E-state index contributed by atoms with van der Waals surface area (Å²) in [5.74, 6) is 0.980. The number of furan rings is 1. The fraction of sp³-hybridized carbons (Fsp3) is 0.182. The van der Waals surface area contributed by atoms with E-state index in [4.69, 9.17) is 4.42 Å². The molecule has 0 spiro atoms. The van der Waals surface area contributed by atoms with E-state index in [1.807, 2.05) is 32.9 Å². The van der Waals surface area contributed by atoms with Gasteiger partial charge in [-0.25, -0.2) is 9.98 Å². The van der Waals surface area contributed by atoms with E-state index in [1.54, 1.807) is 19.1 Å². The minimum atomic E-state index is -0.695. The zero-order valence-electron chi connectivity index (χ0n) is 17.4. The number of hydrogen-bond donors (Lipinski definition) is 0. The molecular formula is C22H20N4O5. The molecule has 0 bridgehead atoms. The Bertz CT molecular complexity index is 1190. The van der Waals surface area contributed by atoms with Crippen LogP contribution in [0.2, 0.25) is 0 Å². The Morgan fingerprint density at radius 1 is 0.742 bits per heavy atom. The van der Waals surface area contributed by atoms with Crippen molar-refractivity contribution in [3.8, 4) is 0 Å². The molecule has 1 aromatic heterocycles. The molecule has 158 valence electrons. The standard InChI is InChI=1S/C22H20N4O5/c1-13-7-14(2)9-17(8-13)23-15(3)21-5-6-22(31-21)16(4)24-18-10-19(25(27)28)12-20(11-18)26(29)30/h5-12H,1-4H3. The Morgan fingerprint density at radius 2 is 1.16 bits per heavy atom. The van der Waals surface area contributed by atoms with Crippen LogP contribution in [0.25, 0.3) is 0 Å². The summed E-state index contributed by atoms with van der Waals surface area (Å²) in [4.78, 5) is 29.6. The molecule has 9 nitrogen and oxygen atoms in total. The molecule has 31 heavy (non-hydrogen) atoms. The fourth-order valence-electron chi connectivity index (χ4n) is 3.09. The molecule has 1 heterocycles. The summed E-state index contributed by atoms with van der Waals surface area (Å²) >= 11 is 0. The van der Waals surface area contributed by atoms with Gasteiger partial charge in [0.2, 0.25) is 0 Å². The minimum absolute atomic E-state index is 0.0944. The second kappa shape index (κ2) is 8.70. The van der Waals surface area contributed by atoms with Crippen molar-refractivity contribution in [3.63, 3.8) is 0 Å². The number of hydrogen-bond acceptors (Lipinski definition) is 7. The predicted octanol–water partition coefficient (Wildman–Crippen LogP) is 5.99. The highest BCUT2D eigenvalue weighted by molar-refractivity contribution is 6.01. The maximum atomic E-state index is 11.1. The highest BCUT2D eigenvalue weighted by atomic mass is 16.6. The van der Waals surface area contributed by atoms with E-state index in [2.05, 4.69) is 16.1 Å². The molecule has 0 atom stereocenters. The number of non-ortho nitro benzene ring substituents is 2. The maximum absolute atomic E-state index is 11.1. The Hall–Kier alpha value is -4.14. The number of benzene rings is 2. The first-order valence-corrected chi connectivity index (χ1v) is 9.35. The lowest BCUT2D eigenvalue weighted by Crippen LogP contribution is -1.95. The van der Waals surface area contributed by atoms with Crippen LogP contribution in [0.3, 0.4) is 0 Å². The van der Waals surface area contributed by atoms with Crippen molar-refractivity contribution >= 4 is 34.2 Å². The van der Waals surface area contributed by atoms with Crippen LogP contribution >= 0.6 is 0 Å². The molecule has 0 aliphatic heterocycles. The molecule has 0 unspecified atom stereocenters. The van der Waals surface area contributed by atoms with E-state index in [0.717, 1.165) is 22.9 Å². The lowest BCUT2D eigenvalue weighted by Gasteiger charge is -2.02. The lowest BCUT2D eigenvalue weighted by atomic mass is 10.1. The summed E-state index contributed by atoms with van der Waals surface area (Å²) in [5.41, 5.74) is 3.42. The Labute approximate surface area is 178 Å². The van der Waals surface area contributed by atoms with Crippen LogP contribution in [0, 0.1) is 34.1 Å².